The van der Waals surface area contributed by atoms with Crippen LogP contribution >= 0.6 is 0 Å². The molecule has 1 N–H and O–H groups in total. The molecule has 5 nitrogen and oxygen atoms in total. The summed E-state index contributed by atoms with van der Waals surface area (Å²) in [6.45, 7) is 5.46. The summed E-state index contributed by atoms with van der Waals surface area (Å²) in [5.41, 5.74) is -0.663. The number of likely N-dealkylation sites (tertiary alicyclic amines) is 1. The third kappa shape index (κ3) is 3.79. The van der Waals surface area contributed by atoms with Gasteiger partial charge in [-0.3, -0.25) is 4.79 Å². The van der Waals surface area contributed by atoms with E-state index >= 15 is 0 Å². The number of halogens is 3. The lowest BCUT2D eigenvalue weighted by atomic mass is 10.2. The van der Waals surface area contributed by atoms with E-state index in [4.69, 9.17) is 4.74 Å². The minimum atomic E-state index is -4.90. The molecule has 1 saturated carbocycles. The molecular formula is C13H19F3N2O3. The third-order valence-electron chi connectivity index (χ3n) is 3.66. The fourth-order valence-electron chi connectivity index (χ4n) is 2.66. The number of hydrogen-bond acceptors (Lipinski definition) is 3. The van der Waals surface area contributed by atoms with Crippen LogP contribution in [-0.4, -0.2) is 47.8 Å². The summed E-state index contributed by atoms with van der Waals surface area (Å²) < 4.78 is 41.8. The molecule has 0 unspecified atom stereocenters. The fraction of sp³-hybridized carbons (Fsp3) is 0.846. The molecule has 1 saturated heterocycles. The van der Waals surface area contributed by atoms with Crippen LogP contribution in [0, 0.1) is 11.8 Å². The molecule has 2 rings (SSSR count). The van der Waals surface area contributed by atoms with Crippen molar-refractivity contribution < 1.29 is 27.5 Å². The van der Waals surface area contributed by atoms with Crippen molar-refractivity contribution in [2.45, 2.75) is 45.0 Å². The molecule has 3 atom stereocenters. The van der Waals surface area contributed by atoms with Crippen LogP contribution in [-0.2, 0) is 9.53 Å². The molecule has 1 heterocycles. The summed E-state index contributed by atoms with van der Waals surface area (Å²) in [6.07, 6.45) is -4.56. The monoisotopic (exact) mass is 308 g/mol. The van der Waals surface area contributed by atoms with Crippen molar-refractivity contribution in [1.29, 1.82) is 0 Å². The second-order valence-corrected chi connectivity index (χ2v) is 6.57. The molecule has 0 bridgehead atoms. The van der Waals surface area contributed by atoms with Crippen LogP contribution < -0.4 is 5.32 Å². The van der Waals surface area contributed by atoms with Crippen molar-refractivity contribution in [2.24, 2.45) is 11.8 Å². The quantitative estimate of drug-likeness (QED) is 0.848. The van der Waals surface area contributed by atoms with Gasteiger partial charge in [0.2, 0.25) is 0 Å². The Bertz CT molecular complexity index is 445. The average Bonchev–Trinajstić information content (AvgIpc) is 2.96. The van der Waals surface area contributed by atoms with Gasteiger partial charge in [-0.15, -0.1) is 0 Å². The molecule has 120 valence electrons. The zero-order valence-corrected chi connectivity index (χ0v) is 12.2. The van der Waals surface area contributed by atoms with Gasteiger partial charge in [0.1, 0.15) is 5.60 Å². The predicted molar refractivity (Wildman–Crippen MR) is 67.4 cm³/mol. The van der Waals surface area contributed by atoms with Crippen LogP contribution in [0.15, 0.2) is 0 Å². The van der Waals surface area contributed by atoms with Gasteiger partial charge in [-0.05, 0) is 39.0 Å². The van der Waals surface area contributed by atoms with Crippen LogP contribution in [0.2, 0.25) is 0 Å². The number of nitrogens with zero attached hydrogens (tertiary/aromatic N) is 1. The smallest absolute Gasteiger partial charge is 0.444 e. The molecular weight excluding hydrogens is 289 g/mol. The van der Waals surface area contributed by atoms with Crippen molar-refractivity contribution in [2.75, 3.05) is 13.1 Å². The number of ether oxygens (including phenoxy) is 1. The number of piperidine rings is 1. The van der Waals surface area contributed by atoms with Crippen molar-refractivity contribution in [3.05, 3.63) is 0 Å². The maximum Gasteiger partial charge on any atom is 0.471 e. The molecule has 1 aliphatic carbocycles. The topological polar surface area (TPSA) is 58.6 Å². The lowest BCUT2D eigenvalue weighted by molar-refractivity contribution is -0.173. The van der Waals surface area contributed by atoms with Gasteiger partial charge in [-0.1, -0.05) is 0 Å². The largest absolute Gasteiger partial charge is 0.471 e. The van der Waals surface area contributed by atoms with E-state index in [1.807, 2.05) is 5.32 Å². The van der Waals surface area contributed by atoms with Gasteiger partial charge in [0, 0.05) is 13.1 Å². The molecule has 0 aromatic heterocycles. The molecule has 2 amide bonds. The first kappa shape index (κ1) is 15.9. The van der Waals surface area contributed by atoms with E-state index in [0.717, 1.165) is 6.42 Å². The van der Waals surface area contributed by atoms with Gasteiger partial charge in [0.25, 0.3) is 0 Å². The van der Waals surface area contributed by atoms with Gasteiger partial charge < -0.3 is 15.0 Å². The number of hydrogen-bond donors (Lipinski definition) is 1. The van der Waals surface area contributed by atoms with Gasteiger partial charge >= 0.3 is 18.2 Å². The van der Waals surface area contributed by atoms with Crippen LogP contribution in [0.5, 0.6) is 0 Å². The number of rotatable bonds is 2. The third-order valence-corrected chi connectivity index (χ3v) is 3.66. The van der Waals surface area contributed by atoms with Gasteiger partial charge in [-0.25, -0.2) is 4.79 Å². The average molecular weight is 308 g/mol. The van der Waals surface area contributed by atoms with Crippen molar-refractivity contribution in [1.82, 2.24) is 10.2 Å². The number of carbonyl (C=O) groups is 2. The van der Waals surface area contributed by atoms with Crippen LogP contribution in [0.25, 0.3) is 0 Å². The van der Waals surface area contributed by atoms with E-state index in [9.17, 15) is 22.8 Å². The summed E-state index contributed by atoms with van der Waals surface area (Å²) in [5, 5.41) is 1.86. The Morgan fingerprint density at radius 1 is 1.29 bits per heavy atom. The van der Waals surface area contributed by atoms with Gasteiger partial charge in [0.05, 0.1) is 6.04 Å². The summed E-state index contributed by atoms with van der Waals surface area (Å²) >= 11 is 0. The highest BCUT2D eigenvalue weighted by Crippen LogP contribution is 2.49. The Balaban J connectivity index is 1.94. The number of nitrogens with one attached hydrogen (secondary N) is 1. The second kappa shape index (κ2) is 5.06. The van der Waals surface area contributed by atoms with Crippen molar-refractivity contribution in [3.8, 4) is 0 Å². The number of fused-ring (bicyclic) bond motifs is 1. The number of alkyl halides is 3. The SMILES string of the molecule is CC(C)(C)OC(=O)N1C[C@H]2C[C@H]2[C@H]1CNC(=O)C(F)(F)F. The molecule has 8 heteroatoms. The van der Waals surface area contributed by atoms with E-state index in [-0.39, 0.29) is 12.5 Å². The fourth-order valence-corrected chi connectivity index (χ4v) is 2.66. The Morgan fingerprint density at radius 2 is 1.90 bits per heavy atom. The predicted octanol–water partition coefficient (Wildman–Crippen LogP) is 1.92. The van der Waals surface area contributed by atoms with Crippen LogP contribution in [0.4, 0.5) is 18.0 Å². The summed E-state index contributed by atoms with van der Waals surface area (Å²) in [6, 6.07) is -0.420. The van der Waals surface area contributed by atoms with Crippen LogP contribution in [0.1, 0.15) is 27.2 Å². The van der Waals surface area contributed by atoms with Crippen molar-refractivity contribution in [3.63, 3.8) is 0 Å². The number of amides is 2. The molecule has 0 aromatic rings. The highest BCUT2D eigenvalue weighted by Gasteiger charge is 2.55. The summed E-state index contributed by atoms with van der Waals surface area (Å²) in [5.74, 6) is -1.51. The Kier molecular flexibility index (Phi) is 3.84. The molecule has 1 aliphatic heterocycles. The normalized spacial score (nSPS) is 28.1. The first-order valence-corrected chi connectivity index (χ1v) is 6.83. The number of carbonyl (C=O) groups excluding carboxylic acids is 2. The standard InChI is InChI=1S/C13H19F3N2O3/c1-12(2,3)21-11(20)18-6-7-4-8(7)9(18)5-17-10(19)13(14,15)16/h7-9H,4-6H2,1-3H3,(H,17,19)/t7-,8-,9-/m1/s1. The molecule has 21 heavy (non-hydrogen) atoms. The van der Waals surface area contributed by atoms with E-state index < -0.39 is 29.8 Å². The lowest BCUT2D eigenvalue weighted by Crippen LogP contribution is -2.49. The zero-order valence-electron chi connectivity index (χ0n) is 12.2. The highest BCUT2D eigenvalue weighted by atomic mass is 19.4. The van der Waals surface area contributed by atoms with Gasteiger partial charge in [0.15, 0.2) is 0 Å². The Labute approximate surface area is 120 Å². The molecule has 0 aromatic carbocycles. The molecule has 0 spiro atoms. The first-order chi connectivity index (χ1) is 9.49. The van der Waals surface area contributed by atoms with E-state index in [2.05, 4.69) is 0 Å². The maximum absolute atomic E-state index is 12.2. The minimum Gasteiger partial charge on any atom is -0.444 e. The van der Waals surface area contributed by atoms with E-state index in [0.29, 0.717) is 12.5 Å². The van der Waals surface area contributed by atoms with Gasteiger partial charge in [-0.2, -0.15) is 13.2 Å². The highest BCUT2D eigenvalue weighted by molar-refractivity contribution is 5.81. The minimum absolute atomic E-state index is 0.158. The first-order valence-electron chi connectivity index (χ1n) is 6.83. The molecule has 2 aliphatic rings. The molecule has 2 fully saturated rings. The summed E-state index contributed by atoms with van der Waals surface area (Å²) in [4.78, 5) is 24.4. The second-order valence-electron chi connectivity index (χ2n) is 6.57. The van der Waals surface area contributed by atoms with Crippen LogP contribution in [0.3, 0.4) is 0 Å². The lowest BCUT2D eigenvalue weighted by Gasteiger charge is -2.30. The zero-order chi connectivity index (χ0) is 16.0. The van der Waals surface area contributed by atoms with Crippen molar-refractivity contribution >= 4 is 12.0 Å². The van der Waals surface area contributed by atoms with E-state index in [1.165, 1.54) is 4.90 Å². The van der Waals surface area contributed by atoms with E-state index in [1.54, 1.807) is 20.8 Å². The Hall–Kier alpha value is -1.47. The Morgan fingerprint density at radius 3 is 2.43 bits per heavy atom. The summed E-state index contributed by atoms with van der Waals surface area (Å²) in [7, 11) is 0. The molecule has 0 radical (unpaired) electrons. The maximum atomic E-state index is 12.2.